The van der Waals surface area contributed by atoms with Crippen LogP contribution in [0, 0.1) is 46.3 Å². The molecule has 0 N–H and O–H groups in total. The van der Waals surface area contributed by atoms with Crippen LogP contribution in [0.4, 0.5) is 0 Å². The van der Waals surface area contributed by atoms with E-state index in [-0.39, 0.29) is 0 Å². The van der Waals surface area contributed by atoms with Crippen LogP contribution in [0.5, 0.6) is 0 Å². The Labute approximate surface area is 201 Å². The van der Waals surface area contributed by atoms with E-state index in [4.69, 9.17) is 4.74 Å². The molecule has 0 heterocycles. The van der Waals surface area contributed by atoms with Gasteiger partial charge in [-0.15, -0.1) is 0 Å². The molecule has 1 heteroatoms. The van der Waals surface area contributed by atoms with Crippen molar-refractivity contribution >= 4 is 0 Å². The lowest BCUT2D eigenvalue weighted by molar-refractivity contribution is -0.0630. The van der Waals surface area contributed by atoms with Crippen molar-refractivity contribution in [2.75, 3.05) is 6.61 Å². The van der Waals surface area contributed by atoms with Crippen LogP contribution < -0.4 is 0 Å². The minimum atomic E-state index is 0.471. The third kappa shape index (κ3) is 4.89. The van der Waals surface area contributed by atoms with Gasteiger partial charge in [-0.05, 0) is 105 Å². The van der Waals surface area contributed by atoms with Gasteiger partial charge in [0.2, 0.25) is 0 Å². The molecule has 0 radical (unpaired) electrons. The van der Waals surface area contributed by atoms with Gasteiger partial charge in [-0.3, -0.25) is 0 Å². The van der Waals surface area contributed by atoms with Crippen molar-refractivity contribution in [1.82, 2.24) is 0 Å². The average molecular weight is 445 g/mol. The average Bonchev–Trinajstić information content (AvgIpc) is 3.12. The zero-order valence-corrected chi connectivity index (χ0v) is 23.0. The summed E-state index contributed by atoms with van der Waals surface area (Å²) in [5.74, 6) is 5.63. The number of allylic oxidation sites excluding steroid dienone is 1. The number of ether oxygens (including phenoxy) is 1. The maximum Gasteiger partial charge on any atom is 0.0612 e. The molecular formula is C31H56O. The highest BCUT2D eigenvalue weighted by Gasteiger charge is 2.59. The largest absolute Gasteiger partial charge is 0.378 e. The SMILES string of the molecule is CC.CCOC1CCC2(C)C(=CCC3C2CCC2(C)C(C(C)CCCC(C)C)CCC32)C1. The zero-order chi connectivity index (χ0) is 23.5. The van der Waals surface area contributed by atoms with E-state index in [9.17, 15) is 0 Å². The minimum absolute atomic E-state index is 0.471. The molecule has 8 unspecified atom stereocenters. The van der Waals surface area contributed by atoms with Crippen LogP contribution in [0.1, 0.15) is 126 Å². The van der Waals surface area contributed by atoms with Crippen molar-refractivity contribution in [2.45, 2.75) is 132 Å². The van der Waals surface area contributed by atoms with Crippen LogP contribution in [0.3, 0.4) is 0 Å². The fourth-order valence-corrected chi connectivity index (χ4v) is 9.03. The molecule has 3 saturated carbocycles. The molecule has 0 amide bonds. The molecule has 8 atom stereocenters. The Balaban J connectivity index is 0.00000141. The van der Waals surface area contributed by atoms with E-state index in [1.807, 2.05) is 13.8 Å². The Morgan fingerprint density at radius 1 is 0.969 bits per heavy atom. The predicted octanol–water partition coefficient (Wildman–Crippen LogP) is 9.46. The van der Waals surface area contributed by atoms with E-state index in [2.05, 4.69) is 47.6 Å². The van der Waals surface area contributed by atoms with Gasteiger partial charge < -0.3 is 4.74 Å². The normalized spacial score (nSPS) is 41.7. The molecular weight excluding hydrogens is 388 g/mol. The highest BCUT2D eigenvalue weighted by molar-refractivity contribution is 5.25. The third-order valence-corrected chi connectivity index (χ3v) is 10.7. The van der Waals surface area contributed by atoms with Gasteiger partial charge in [0.05, 0.1) is 6.10 Å². The molecule has 32 heavy (non-hydrogen) atoms. The summed E-state index contributed by atoms with van der Waals surface area (Å²) in [7, 11) is 0. The quantitative estimate of drug-likeness (QED) is 0.355. The highest BCUT2D eigenvalue weighted by Crippen LogP contribution is 2.67. The van der Waals surface area contributed by atoms with Crippen molar-refractivity contribution in [1.29, 1.82) is 0 Å². The lowest BCUT2D eigenvalue weighted by Gasteiger charge is -2.58. The van der Waals surface area contributed by atoms with Crippen LogP contribution in [-0.4, -0.2) is 12.7 Å². The Morgan fingerprint density at radius 2 is 1.72 bits per heavy atom. The highest BCUT2D eigenvalue weighted by atomic mass is 16.5. The molecule has 0 saturated heterocycles. The summed E-state index contributed by atoms with van der Waals surface area (Å²) in [4.78, 5) is 0. The maximum absolute atomic E-state index is 6.04. The van der Waals surface area contributed by atoms with Gasteiger partial charge in [-0.25, -0.2) is 0 Å². The Hall–Kier alpha value is -0.300. The van der Waals surface area contributed by atoms with Crippen molar-refractivity contribution in [3.8, 4) is 0 Å². The monoisotopic (exact) mass is 444 g/mol. The van der Waals surface area contributed by atoms with Crippen molar-refractivity contribution in [3.63, 3.8) is 0 Å². The smallest absolute Gasteiger partial charge is 0.0612 e. The van der Waals surface area contributed by atoms with Crippen molar-refractivity contribution in [3.05, 3.63) is 11.6 Å². The second-order valence-corrected chi connectivity index (χ2v) is 12.6. The Morgan fingerprint density at radius 3 is 2.41 bits per heavy atom. The first-order chi connectivity index (χ1) is 15.3. The van der Waals surface area contributed by atoms with E-state index in [1.165, 1.54) is 70.6 Å². The van der Waals surface area contributed by atoms with E-state index in [0.717, 1.165) is 42.1 Å². The summed E-state index contributed by atoms with van der Waals surface area (Å²) >= 11 is 0. The van der Waals surface area contributed by atoms with Crippen LogP contribution in [-0.2, 0) is 4.74 Å². The molecule has 0 spiro atoms. The summed E-state index contributed by atoms with van der Waals surface area (Å²) in [6, 6.07) is 0. The van der Waals surface area contributed by atoms with Crippen LogP contribution in [0.15, 0.2) is 11.6 Å². The van der Waals surface area contributed by atoms with Gasteiger partial charge >= 0.3 is 0 Å². The van der Waals surface area contributed by atoms with Gasteiger partial charge in [-0.2, -0.15) is 0 Å². The first kappa shape index (κ1) is 26.3. The van der Waals surface area contributed by atoms with Gasteiger partial charge in [-0.1, -0.05) is 79.4 Å². The standard InChI is InChI=1S/C29H50O.C2H6/c1-7-30-23-15-17-28(5)22(19-23)11-12-24-26-14-13-25(21(4)10-8-9-20(2)3)29(26,6)18-16-27(24)28;1-2/h11,20-21,23-27H,7-10,12-19H2,1-6H3;1-2H3. The number of hydrogen-bond donors (Lipinski definition) is 0. The summed E-state index contributed by atoms with van der Waals surface area (Å²) in [6.45, 7) is 19.7. The van der Waals surface area contributed by atoms with E-state index < -0.39 is 0 Å². The number of fused-ring (bicyclic) bond motifs is 5. The zero-order valence-electron chi connectivity index (χ0n) is 23.0. The Bertz CT molecular complexity index is 620. The van der Waals surface area contributed by atoms with Crippen molar-refractivity contribution in [2.24, 2.45) is 46.3 Å². The molecule has 1 nitrogen and oxygen atoms in total. The van der Waals surface area contributed by atoms with Crippen LogP contribution in [0.2, 0.25) is 0 Å². The molecule has 0 aromatic carbocycles. The molecule has 0 aliphatic heterocycles. The van der Waals surface area contributed by atoms with Crippen LogP contribution in [0.25, 0.3) is 0 Å². The summed E-state index contributed by atoms with van der Waals surface area (Å²) in [5.41, 5.74) is 2.86. The number of rotatable bonds is 7. The third-order valence-electron chi connectivity index (χ3n) is 10.7. The predicted molar refractivity (Wildman–Crippen MR) is 140 cm³/mol. The lowest BCUT2D eigenvalue weighted by atomic mass is 9.47. The van der Waals surface area contributed by atoms with Gasteiger partial charge in [0.15, 0.2) is 0 Å². The van der Waals surface area contributed by atoms with E-state index in [0.29, 0.717) is 16.9 Å². The van der Waals surface area contributed by atoms with Gasteiger partial charge in [0.1, 0.15) is 0 Å². The van der Waals surface area contributed by atoms with E-state index in [1.54, 1.807) is 5.57 Å². The van der Waals surface area contributed by atoms with Crippen molar-refractivity contribution < 1.29 is 4.74 Å². The van der Waals surface area contributed by atoms with Gasteiger partial charge in [0.25, 0.3) is 0 Å². The molecule has 3 fully saturated rings. The van der Waals surface area contributed by atoms with Crippen LogP contribution >= 0.6 is 0 Å². The molecule has 0 aromatic heterocycles. The topological polar surface area (TPSA) is 9.23 Å². The first-order valence-electron chi connectivity index (χ1n) is 14.6. The second-order valence-electron chi connectivity index (χ2n) is 12.6. The van der Waals surface area contributed by atoms with E-state index >= 15 is 0 Å². The molecule has 0 aromatic rings. The number of hydrogen-bond acceptors (Lipinski definition) is 1. The summed E-state index contributed by atoms with van der Waals surface area (Å²) in [6.07, 6.45) is 18.7. The maximum atomic E-state index is 6.04. The van der Waals surface area contributed by atoms with Gasteiger partial charge in [0, 0.05) is 6.61 Å². The molecule has 0 bridgehead atoms. The first-order valence-corrected chi connectivity index (χ1v) is 14.6. The molecule has 186 valence electrons. The second kappa shape index (κ2) is 11.0. The fraction of sp³-hybridized carbons (Fsp3) is 0.935. The molecule has 4 aliphatic carbocycles. The molecule has 4 aliphatic rings. The summed E-state index contributed by atoms with van der Waals surface area (Å²) in [5, 5.41) is 0. The fourth-order valence-electron chi connectivity index (χ4n) is 9.03. The summed E-state index contributed by atoms with van der Waals surface area (Å²) < 4.78 is 6.04. The lowest BCUT2D eigenvalue weighted by Crippen LogP contribution is -2.51. The Kier molecular flexibility index (Phi) is 9.01. The molecule has 4 rings (SSSR count). The minimum Gasteiger partial charge on any atom is -0.378 e.